The molecule has 2 rings (SSSR count). The average molecular weight is 310 g/mol. The van der Waals surface area contributed by atoms with E-state index in [0.717, 1.165) is 23.4 Å². The van der Waals surface area contributed by atoms with Gasteiger partial charge in [-0.05, 0) is 45.0 Å². The predicted molar refractivity (Wildman–Crippen MR) is 84.3 cm³/mol. The molecule has 0 saturated carbocycles. The molecule has 1 aromatic heterocycles. The van der Waals surface area contributed by atoms with Gasteiger partial charge in [-0.25, -0.2) is 4.39 Å². The molecular weight excluding hydrogens is 289 g/mol. The van der Waals surface area contributed by atoms with Gasteiger partial charge < -0.3 is 5.32 Å². The summed E-state index contributed by atoms with van der Waals surface area (Å²) in [7, 11) is 1.96. The van der Waals surface area contributed by atoms with Gasteiger partial charge in [0.15, 0.2) is 0 Å². The lowest BCUT2D eigenvalue weighted by Gasteiger charge is -2.15. The Morgan fingerprint density at radius 3 is 2.67 bits per heavy atom. The topological polar surface area (TPSA) is 29.9 Å². The van der Waals surface area contributed by atoms with Crippen molar-refractivity contribution < 1.29 is 4.39 Å². The van der Waals surface area contributed by atoms with E-state index in [0.29, 0.717) is 12.6 Å². The van der Waals surface area contributed by atoms with Crippen molar-refractivity contribution >= 4 is 11.6 Å². The highest BCUT2D eigenvalue weighted by molar-refractivity contribution is 6.30. The number of aryl methyl sites for hydroxylation is 1. The van der Waals surface area contributed by atoms with Crippen LogP contribution in [-0.2, 0) is 6.54 Å². The van der Waals surface area contributed by atoms with Crippen LogP contribution in [0.1, 0.15) is 41.9 Å². The Labute approximate surface area is 130 Å². The largest absolute Gasteiger partial charge is 0.313 e. The zero-order valence-electron chi connectivity index (χ0n) is 12.9. The van der Waals surface area contributed by atoms with Gasteiger partial charge in [-0.1, -0.05) is 24.6 Å². The third-order valence-corrected chi connectivity index (χ3v) is 4.17. The Balaban J connectivity index is 2.33. The second-order valence-electron chi connectivity index (χ2n) is 5.24. The van der Waals surface area contributed by atoms with Gasteiger partial charge in [-0.15, -0.1) is 0 Å². The highest BCUT2D eigenvalue weighted by atomic mass is 35.5. The molecule has 0 aliphatic carbocycles. The fraction of sp³-hybridized carbons (Fsp3) is 0.438. The summed E-state index contributed by atoms with van der Waals surface area (Å²) in [4.78, 5) is 0. The van der Waals surface area contributed by atoms with Gasteiger partial charge in [0, 0.05) is 17.3 Å². The van der Waals surface area contributed by atoms with Crippen LogP contribution in [0.2, 0.25) is 5.02 Å². The number of hydrogen-bond acceptors (Lipinski definition) is 2. The molecule has 1 heterocycles. The lowest BCUT2D eigenvalue weighted by Crippen LogP contribution is -2.17. The second-order valence-corrected chi connectivity index (χ2v) is 5.65. The maximum Gasteiger partial charge on any atom is 0.142 e. The van der Waals surface area contributed by atoms with E-state index in [2.05, 4.69) is 24.3 Å². The van der Waals surface area contributed by atoms with Gasteiger partial charge in [-0.2, -0.15) is 5.10 Å². The quantitative estimate of drug-likeness (QED) is 0.904. The van der Waals surface area contributed by atoms with Crippen LogP contribution in [0, 0.1) is 19.7 Å². The van der Waals surface area contributed by atoms with Crippen molar-refractivity contribution in [2.75, 3.05) is 7.05 Å². The highest BCUT2D eigenvalue weighted by Crippen LogP contribution is 2.25. The molecule has 114 valence electrons. The number of rotatable bonds is 5. The first-order valence-electron chi connectivity index (χ1n) is 7.13. The minimum absolute atomic E-state index is 0.147. The van der Waals surface area contributed by atoms with Gasteiger partial charge in [0.05, 0.1) is 17.3 Å². The van der Waals surface area contributed by atoms with Crippen LogP contribution in [0.15, 0.2) is 18.2 Å². The Morgan fingerprint density at radius 1 is 1.38 bits per heavy atom. The zero-order chi connectivity index (χ0) is 15.6. The molecule has 0 aliphatic heterocycles. The van der Waals surface area contributed by atoms with Crippen LogP contribution in [0.5, 0.6) is 0 Å². The molecule has 1 atom stereocenters. The van der Waals surface area contributed by atoms with E-state index in [1.54, 1.807) is 6.07 Å². The second kappa shape index (κ2) is 6.58. The molecule has 1 unspecified atom stereocenters. The van der Waals surface area contributed by atoms with Gasteiger partial charge >= 0.3 is 0 Å². The average Bonchev–Trinajstić information content (AvgIpc) is 2.72. The van der Waals surface area contributed by atoms with E-state index >= 15 is 0 Å². The van der Waals surface area contributed by atoms with Crippen molar-refractivity contribution in [3.8, 4) is 0 Å². The van der Waals surface area contributed by atoms with Crippen LogP contribution < -0.4 is 5.32 Å². The third-order valence-electron chi connectivity index (χ3n) is 3.86. The summed E-state index contributed by atoms with van der Waals surface area (Å²) >= 11 is 5.72. The molecule has 5 heteroatoms. The lowest BCUT2D eigenvalue weighted by molar-refractivity contribution is 0.568. The van der Waals surface area contributed by atoms with Crippen molar-refractivity contribution in [1.29, 1.82) is 0 Å². The standard InChI is InChI=1S/C16H21ClFN3/c1-5-15(19-4)16-10(2)20-21(11(16)3)9-12-6-7-13(17)14(18)8-12/h6-8,15,19H,5,9H2,1-4H3. The molecule has 1 N–H and O–H groups in total. The lowest BCUT2D eigenvalue weighted by atomic mass is 10.0. The Kier molecular flexibility index (Phi) is 5.01. The maximum absolute atomic E-state index is 13.5. The molecule has 21 heavy (non-hydrogen) atoms. The molecule has 0 bridgehead atoms. The van der Waals surface area contributed by atoms with E-state index in [4.69, 9.17) is 11.6 Å². The third kappa shape index (κ3) is 3.27. The number of halogens is 2. The van der Waals surface area contributed by atoms with Crippen molar-refractivity contribution in [1.82, 2.24) is 15.1 Å². The number of benzene rings is 1. The van der Waals surface area contributed by atoms with Crippen molar-refractivity contribution in [3.63, 3.8) is 0 Å². The van der Waals surface area contributed by atoms with Crippen LogP contribution >= 0.6 is 11.6 Å². The van der Waals surface area contributed by atoms with Crippen LogP contribution in [0.25, 0.3) is 0 Å². The minimum atomic E-state index is -0.391. The summed E-state index contributed by atoms with van der Waals surface area (Å²) in [5, 5.41) is 8.06. The monoisotopic (exact) mass is 309 g/mol. The van der Waals surface area contributed by atoms with Gasteiger partial charge in [0.25, 0.3) is 0 Å². The molecule has 2 aromatic rings. The highest BCUT2D eigenvalue weighted by Gasteiger charge is 2.18. The molecular formula is C16H21ClFN3. The molecule has 1 aromatic carbocycles. The molecule has 0 spiro atoms. The Hall–Kier alpha value is -1.39. The maximum atomic E-state index is 13.5. The van der Waals surface area contributed by atoms with Crippen molar-refractivity contribution in [3.05, 3.63) is 51.6 Å². The summed E-state index contributed by atoms with van der Waals surface area (Å²) in [6.45, 7) is 6.76. The SMILES string of the molecule is CCC(NC)c1c(C)nn(Cc2ccc(Cl)c(F)c2)c1C. The smallest absolute Gasteiger partial charge is 0.142 e. The van der Waals surface area contributed by atoms with E-state index in [1.165, 1.54) is 11.6 Å². The van der Waals surface area contributed by atoms with Crippen molar-refractivity contribution in [2.45, 2.75) is 39.8 Å². The summed E-state index contributed by atoms with van der Waals surface area (Å²) in [5.74, 6) is -0.391. The normalized spacial score (nSPS) is 12.7. The van der Waals surface area contributed by atoms with Crippen LogP contribution in [0.4, 0.5) is 4.39 Å². The molecule has 0 saturated heterocycles. The van der Waals surface area contributed by atoms with Gasteiger partial charge in [0.1, 0.15) is 5.82 Å². The van der Waals surface area contributed by atoms with E-state index < -0.39 is 5.82 Å². The van der Waals surface area contributed by atoms with E-state index in [1.807, 2.05) is 24.7 Å². The zero-order valence-corrected chi connectivity index (χ0v) is 13.6. The Morgan fingerprint density at radius 2 is 2.10 bits per heavy atom. The first-order chi connectivity index (χ1) is 9.97. The number of hydrogen-bond donors (Lipinski definition) is 1. The van der Waals surface area contributed by atoms with E-state index in [9.17, 15) is 4.39 Å². The van der Waals surface area contributed by atoms with Crippen LogP contribution in [-0.4, -0.2) is 16.8 Å². The fourth-order valence-corrected chi connectivity index (χ4v) is 2.85. The first kappa shape index (κ1) is 16.0. The number of nitrogens with one attached hydrogen (secondary N) is 1. The summed E-state index contributed by atoms with van der Waals surface area (Å²) in [5.41, 5.74) is 4.22. The molecule has 0 aliphatic rings. The van der Waals surface area contributed by atoms with Gasteiger partial charge in [0.2, 0.25) is 0 Å². The summed E-state index contributed by atoms with van der Waals surface area (Å²) < 4.78 is 15.5. The predicted octanol–water partition coefficient (Wildman–Crippen LogP) is 4.01. The van der Waals surface area contributed by atoms with Crippen LogP contribution in [0.3, 0.4) is 0 Å². The summed E-state index contributed by atoms with van der Waals surface area (Å²) in [6, 6.07) is 5.17. The minimum Gasteiger partial charge on any atom is -0.313 e. The number of nitrogens with zero attached hydrogens (tertiary/aromatic N) is 2. The Bertz CT molecular complexity index is 633. The molecule has 0 amide bonds. The molecule has 3 nitrogen and oxygen atoms in total. The van der Waals surface area contributed by atoms with Gasteiger partial charge in [-0.3, -0.25) is 4.68 Å². The number of aromatic nitrogens is 2. The fourth-order valence-electron chi connectivity index (χ4n) is 2.73. The van der Waals surface area contributed by atoms with Crippen molar-refractivity contribution in [2.24, 2.45) is 0 Å². The summed E-state index contributed by atoms with van der Waals surface area (Å²) in [6.07, 6.45) is 0.999. The van der Waals surface area contributed by atoms with E-state index in [-0.39, 0.29) is 5.02 Å². The molecule has 0 radical (unpaired) electrons. The molecule has 0 fully saturated rings. The first-order valence-corrected chi connectivity index (χ1v) is 7.50.